The van der Waals surface area contributed by atoms with Crippen LogP contribution in [0.4, 0.5) is 5.82 Å². The highest BCUT2D eigenvalue weighted by atomic mass is 35.5. The molecular weight excluding hydrogens is 293 g/mol. The van der Waals surface area contributed by atoms with Crippen molar-refractivity contribution in [2.75, 3.05) is 39.0 Å². The first-order valence-electron chi connectivity index (χ1n) is 5.71. The third-order valence-electron chi connectivity index (χ3n) is 2.14. The van der Waals surface area contributed by atoms with E-state index in [1.165, 1.54) is 6.07 Å². The van der Waals surface area contributed by atoms with Crippen molar-refractivity contribution < 1.29 is 14.2 Å². The van der Waals surface area contributed by atoms with Gasteiger partial charge in [-0.3, -0.25) is 0 Å². The molecule has 0 fully saturated rings. The summed E-state index contributed by atoms with van der Waals surface area (Å²) in [4.78, 5) is 4.04. The van der Waals surface area contributed by atoms with E-state index in [-0.39, 0.29) is 5.88 Å². The Labute approximate surface area is 122 Å². The van der Waals surface area contributed by atoms with Crippen molar-refractivity contribution in [3.8, 4) is 5.88 Å². The van der Waals surface area contributed by atoms with Gasteiger partial charge in [-0.05, 0) is 12.5 Å². The van der Waals surface area contributed by atoms with Crippen molar-refractivity contribution in [3.63, 3.8) is 0 Å². The number of pyridine rings is 1. The summed E-state index contributed by atoms with van der Waals surface area (Å²) in [6.45, 7) is 2.08. The molecule has 0 aliphatic rings. The highest BCUT2D eigenvalue weighted by molar-refractivity contribution is 6.36. The van der Waals surface area contributed by atoms with Crippen LogP contribution in [0.3, 0.4) is 0 Å². The van der Waals surface area contributed by atoms with Crippen LogP contribution in [-0.2, 0) is 9.47 Å². The molecule has 0 radical (unpaired) electrons. The first kappa shape index (κ1) is 16.3. The van der Waals surface area contributed by atoms with Crippen molar-refractivity contribution in [2.24, 2.45) is 5.84 Å². The number of nitrogens with one attached hydrogen (secondary N) is 1. The van der Waals surface area contributed by atoms with Gasteiger partial charge in [0.1, 0.15) is 11.6 Å². The van der Waals surface area contributed by atoms with Gasteiger partial charge in [-0.2, -0.15) is 4.98 Å². The highest BCUT2D eigenvalue weighted by Crippen LogP contribution is 2.30. The van der Waals surface area contributed by atoms with Gasteiger partial charge in [-0.25, -0.2) is 5.84 Å². The molecule has 0 aromatic carbocycles. The Morgan fingerprint density at radius 2 is 2.00 bits per heavy atom. The number of hydrogen-bond donors (Lipinski definition) is 2. The van der Waals surface area contributed by atoms with Gasteiger partial charge in [-0.1, -0.05) is 23.2 Å². The normalized spacial score (nSPS) is 10.5. The molecule has 6 nitrogen and oxygen atoms in total. The first-order valence-corrected chi connectivity index (χ1v) is 6.46. The zero-order valence-electron chi connectivity index (χ0n) is 10.6. The summed E-state index contributed by atoms with van der Waals surface area (Å²) in [6, 6.07) is 1.51. The van der Waals surface area contributed by atoms with Crippen LogP contribution in [0.2, 0.25) is 10.0 Å². The molecule has 8 heteroatoms. The number of ether oxygens (including phenoxy) is 3. The maximum Gasteiger partial charge on any atom is 0.234 e. The zero-order chi connectivity index (χ0) is 14.1. The predicted molar refractivity (Wildman–Crippen MR) is 74.9 cm³/mol. The second kappa shape index (κ2) is 9.17. The fourth-order valence-corrected chi connectivity index (χ4v) is 1.72. The Hall–Kier alpha value is -0.790. The maximum atomic E-state index is 5.94. The molecule has 0 unspecified atom stereocenters. The summed E-state index contributed by atoms with van der Waals surface area (Å²) < 4.78 is 15.6. The van der Waals surface area contributed by atoms with Crippen molar-refractivity contribution in [2.45, 2.75) is 6.42 Å². The Morgan fingerprint density at radius 1 is 1.21 bits per heavy atom. The van der Waals surface area contributed by atoms with Crippen LogP contribution in [0, 0.1) is 0 Å². The Morgan fingerprint density at radius 3 is 2.68 bits per heavy atom. The number of nitrogen functional groups attached to an aromatic ring is 1. The monoisotopic (exact) mass is 309 g/mol. The predicted octanol–water partition coefficient (Wildman–Crippen LogP) is 2.11. The largest absolute Gasteiger partial charge is 0.474 e. The van der Waals surface area contributed by atoms with Crippen molar-refractivity contribution >= 4 is 29.0 Å². The molecule has 1 aromatic heterocycles. The standard InChI is InChI=1S/C11H17Cl2N3O3/c1-17-3-2-4-18-5-6-19-11-9(13)7-8(12)10(15-11)16-14/h7H,2-6,14H2,1H3,(H,15,16). The van der Waals surface area contributed by atoms with Gasteiger partial charge in [0.2, 0.25) is 5.88 Å². The van der Waals surface area contributed by atoms with Crippen LogP contribution in [-0.4, -0.2) is 38.5 Å². The van der Waals surface area contributed by atoms with E-state index in [2.05, 4.69) is 10.4 Å². The number of nitrogens with zero attached hydrogens (tertiary/aromatic N) is 1. The van der Waals surface area contributed by atoms with Crippen LogP contribution in [0.1, 0.15) is 6.42 Å². The summed E-state index contributed by atoms with van der Waals surface area (Å²) in [5.74, 6) is 5.83. The van der Waals surface area contributed by atoms with E-state index in [0.717, 1.165) is 6.42 Å². The molecule has 1 heterocycles. The lowest BCUT2D eigenvalue weighted by molar-refractivity contribution is 0.0796. The highest BCUT2D eigenvalue weighted by Gasteiger charge is 2.09. The van der Waals surface area contributed by atoms with Crippen LogP contribution < -0.4 is 16.0 Å². The second-order valence-corrected chi connectivity index (χ2v) is 4.37. The van der Waals surface area contributed by atoms with Gasteiger partial charge in [0.05, 0.1) is 11.6 Å². The molecule has 0 aliphatic carbocycles. The maximum absolute atomic E-state index is 5.94. The first-order chi connectivity index (χ1) is 9.19. The van der Waals surface area contributed by atoms with Crippen molar-refractivity contribution in [1.82, 2.24) is 4.98 Å². The van der Waals surface area contributed by atoms with E-state index >= 15 is 0 Å². The third-order valence-corrected chi connectivity index (χ3v) is 2.70. The molecule has 0 aliphatic heterocycles. The number of rotatable bonds is 9. The number of hydrogen-bond acceptors (Lipinski definition) is 6. The van der Waals surface area contributed by atoms with E-state index in [1.54, 1.807) is 7.11 Å². The zero-order valence-corrected chi connectivity index (χ0v) is 12.1. The molecule has 0 amide bonds. The van der Waals surface area contributed by atoms with Crippen LogP contribution >= 0.6 is 23.2 Å². The number of anilines is 1. The molecule has 0 atom stereocenters. The molecule has 1 rings (SSSR count). The van der Waals surface area contributed by atoms with E-state index < -0.39 is 0 Å². The summed E-state index contributed by atoms with van der Waals surface area (Å²) >= 11 is 11.8. The number of nitrogens with two attached hydrogens (primary N) is 1. The quantitative estimate of drug-likeness (QED) is 0.413. The van der Waals surface area contributed by atoms with Crippen LogP contribution in [0.25, 0.3) is 0 Å². The summed E-state index contributed by atoms with van der Waals surface area (Å²) in [5, 5.41) is 0.652. The lowest BCUT2D eigenvalue weighted by Crippen LogP contribution is -2.12. The molecule has 108 valence electrons. The molecule has 0 spiro atoms. The molecule has 0 saturated carbocycles. The molecule has 0 bridgehead atoms. The average molecular weight is 310 g/mol. The SMILES string of the molecule is COCCCOCCOc1nc(NN)c(Cl)cc1Cl. The number of methoxy groups -OCH3 is 1. The fraction of sp³-hybridized carbons (Fsp3) is 0.545. The summed E-state index contributed by atoms with van der Waals surface area (Å²) in [7, 11) is 1.65. The summed E-state index contributed by atoms with van der Waals surface area (Å²) in [6.07, 6.45) is 0.845. The van der Waals surface area contributed by atoms with E-state index in [1.807, 2.05) is 0 Å². The van der Waals surface area contributed by atoms with E-state index in [4.69, 9.17) is 43.3 Å². The van der Waals surface area contributed by atoms with Crippen LogP contribution in [0.15, 0.2) is 6.07 Å². The topological polar surface area (TPSA) is 78.6 Å². The summed E-state index contributed by atoms with van der Waals surface area (Å²) in [5.41, 5.74) is 2.36. The molecule has 0 saturated heterocycles. The van der Waals surface area contributed by atoms with Gasteiger partial charge in [0.15, 0.2) is 5.82 Å². The van der Waals surface area contributed by atoms with Gasteiger partial charge in [0.25, 0.3) is 0 Å². The van der Waals surface area contributed by atoms with Crippen molar-refractivity contribution in [3.05, 3.63) is 16.1 Å². The van der Waals surface area contributed by atoms with Gasteiger partial charge in [0, 0.05) is 20.3 Å². The van der Waals surface area contributed by atoms with Crippen molar-refractivity contribution in [1.29, 1.82) is 0 Å². The van der Waals surface area contributed by atoms with Gasteiger partial charge >= 0.3 is 0 Å². The Bertz CT molecular complexity index is 394. The number of aromatic nitrogens is 1. The Kier molecular flexibility index (Phi) is 7.85. The second-order valence-electron chi connectivity index (χ2n) is 3.56. The van der Waals surface area contributed by atoms with Gasteiger partial charge in [-0.15, -0.1) is 0 Å². The smallest absolute Gasteiger partial charge is 0.234 e. The molecule has 19 heavy (non-hydrogen) atoms. The minimum Gasteiger partial charge on any atom is -0.474 e. The Balaban J connectivity index is 2.33. The minimum atomic E-state index is 0.263. The number of halogens is 2. The van der Waals surface area contributed by atoms with Gasteiger partial charge < -0.3 is 19.6 Å². The fourth-order valence-electron chi connectivity index (χ4n) is 1.26. The lowest BCUT2D eigenvalue weighted by Gasteiger charge is -2.10. The molecule has 1 aromatic rings. The van der Waals surface area contributed by atoms with E-state index in [0.29, 0.717) is 42.3 Å². The molecular formula is C11H17Cl2N3O3. The third kappa shape index (κ3) is 5.80. The van der Waals surface area contributed by atoms with E-state index in [9.17, 15) is 0 Å². The number of hydrazine groups is 1. The average Bonchev–Trinajstić information content (AvgIpc) is 2.40. The molecule has 3 N–H and O–H groups in total. The lowest BCUT2D eigenvalue weighted by atomic mass is 10.4. The minimum absolute atomic E-state index is 0.263. The van der Waals surface area contributed by atoms with Crippen LogP contribution in [0.5, 0.6) is 5.88 Å².